The fourth-order valence-corrected chi connectivity index (χ4v) is 1.78. The molecule has 1 aliphatic heterocycles. The van der Waals surface area contributed by atoms with Crippen molar-refractivity contribution in [3.63, 3.8) is 0 Å². The van der Waals surface area contributed by atoms with Gasteiger partial charge in [0.2, 0.25) is 5.91 Å². The van der Waals surface area contributed by atoms with Gasteiger partial charge in [-0.25, -0.2) is 0 Å². The van der Waals surface area contributed by atoms with E-state index in [1.165, 1.54) is 17.1 Å². The minimum atomic E-state index is -0.946. The number of amides is 3. The largest absolute Gasteiger partial charge is 0.481 e. The van der Waals surface area contributed by atoms with Crippen molar-refractivity contribution in [1.29, 1.82) is 0 Å². The lowest BCUT2D eigenvalue weighted by atomic mass is 10.2. The molecule has 0 aliphatic carbocycles. The number of nitrogens with one attached hydrogen (secondary N) is 1. The van der Waals surface area contributed by atoms with Crippen LogP contribution in [0.1, 0.15) is 32.1 Å². The van der Waals surface area contributed by atoms with Gasteiger partial charge < -0.3 is 10.4 Å². The van der Waals surface area contributed by atoms with Gasteiger partial charge in [0.1, 0.15) is 0 Å². The van der Waals surface area contributed by atoms with E-state index in [1.54, 1.807) is 0 Å². The third kappa shape index (κ3) is 5.64. The Balaban J connectivity index is 2.02. The number of hydrogen-bond acceptors (Lipinski definition) is 4. The van der Waals surface area contributed by atoms with Crippen LogP contribution in [0.2, 0.25) is 0 Å². The van der Waals surface area contributed by atoms with Crippen molar-refractivity contribution < 1.29 is 24.3 Å². The van der Waals surface area contributed by atoms with E-state index in [2.05, 4.69) is 5.32 Å². The molecule has 0 aromatic carbocycles. The molecule has 0 aromatic heterocycles. The molecule has 1 rings (SSSR count). The van der Waals surface area contributed by atoms with Gasteiger partial charge in [0, 0.05) is 31.7 Å². The lowest BCUT2D eigenvalue weighted by molar-refractivity contribution is -0.138. The summed E-state index contributed by atoms with van der Waals surface area (Å²) in [5.41, 5.74) is 0. The number of nitrogens with zero attached hydrogens (tertiary/aromatic N) is 1. The SMILES string of the molecule is O=C(O)CCNC(=O)CCCCCN1C(=O)C=CC1=O. The Kier molecular flexibility index (Phi) is 6.42. The second-order valence-electron chi connectivity index (χ2n) is 4.47. The summed E-state index contributed by atoms with van der Waals surface area (Å²) in [6, 6.07) is 0. The van der Waals surface area contributed by atoms with Gasteiger partial charge in [-0.1, -0.05) is 6.42 Å². The first-order valence-electron chi connectivity index (χ1n) is 6.52. The third-order valence-electron chi connectivity index (χ3n) is 2.85. The van der Waals surface area contributed by atoms with E-state index < -0.39 is 5.97 Å². The van der Waals surface area contributed by atoms with E-state index in [-0.39, 0.29) is 30.7 Å². The minimum Gasteiger partial charge on any atom is -0.481 e. The van der Waals surface area contributed by atoms with Crippen LogP contribution < -0.4 is 5.32 Å². The molecule has 0 aromatic rings. The van der Waals surface area contributed by atoms with E-state index in [1.807, 2.05) is 0 Å². The minimum absolute atomic E-state index is 0.0854. The Morgan fingerprint density at radius 1 is 1.05 bits per heavy atom. The van der Waals surface area contributed by atoms with Gasteiger partial charge in [-0.2, -0.15) is 0 Å². The molecule has 1 heterocycles. The average molecular weight is 282 g/mol. The Morgan fingerprint density at radius 2 is 1.70 bits per heavy atom. The van der Waals surface area contributed by atoms with Crippen LogP contribution in [0.3, 0.4) is 0 Å². The topological polar surface area (TPSA) is 104 Å². The normalized spacial score (nSPS) is 13.9. The van der Waals surface area contributed by atoms with Crippen molar-refractivity contribution in [3.8, 4) is 0 Å². The van der Waals surface area contributed by atoms with Gasteiger partial charge in [-0.15, -0.1) is 0 Å². The van der Waals surface area contributed by atoms with Crippen molar-refractivity contribution in [2.45, 2.75) is 32.1 Å². The zero-order chi connectivity index (χ0) is 15.0. The molecule has 20 heavy (non-hydrogen) atoms. The standard InChI is InChI=1S/C13H18N2O5/c16-10(14-8-7-13(19)20)4-2-1-3-9-15-11(17)5-6-12(15)18/h5-6H,1-4,7-9H2,(H,14,16)(H,19,20). The predicted octanol–water partition coefficient (Wildman–Crippen LogP) is 0.0627. The molecule has 3 amide bonds. The summed E-state index contributed by atoms with van der Waals surface area (Å²) in [6.45, 7) is 0.502. The van der Waals surface area contributed by atoms with Gasteiger partial charge in [0.25, 0.3) is 11.8 Å². The molecule has 2 N–H and O–H groups in total. The maximum Gasteiger partial charge on any atom is 0.305 e. The van der Waals surface area contributed by atoms with Crippen LogP contribution in [0, 0.1) is 0 Å². The van der Waals surface area contributed by atoms with Crippen LogP contribution >= 0.6 is 0 Å². The second-order valence-corrected chi connectivity index (χ2v) is 4.47. The first-order valence-corrected chi connectivity index (χ1v) is 6.52. The Morgan fingerprint density at radius 3 is 2.30 bits per heavy atom. The number of hydrogen-bond donors (Lipinski definition) is 2. The van der Waals surface area contributed by atoms with Crippen molar-refractivity contribution in [3.05, 3.63) is 12.2 Å². The van der Waals surface area contributed by atoms with Gasteiger partial charge >= 0.3 is 5.97 Å². The predicted molar refractivity (Wildman–Crippen MR) is 69.6 cm³/mol. The van der Waals surface area contributed by atoms with Crippen LogP contribution in [-0.2, 0) is 19.2 Å². The van der Waals surface area contributed by atoms with Gasteiger partial charge in [0.05, 0.1) is 6.42 Å². The number of carboxylic acid groups (broad SMARTS) is 1. The van der Waals surface area contributed by atoms with E-state index >= 15 is 0 Å². The molecule has 1 aliphatic rings. The van der Waals surface area contributed by atoms with E-state index in [0.717, 1.165) is 6.42 Å². The molecule has 0 saturated carbocycles. The van der Waals surface area contributed by atoms with Gasteiger partial charge in [-0.3, -0.25) is 24.1 Å². The molecule has 0 spiro atoms. The number of carboxylic acids is 1. The zero-order valence-corrected chi connectivity index (χ0v) is 11.1. The molecule has 0 saturated heterocycles. The third-order valence-corrected chi connectivity index (χ3v) is 2.85. The molecule has 0 unspecified atom stereocenters. The number of rotatable bonds is 9. The number of imide groups is 1. The van der Waals surface area contributed by atoms with Crippen molar-refractivity contribution in [2.24, 2.45) is 0 Å². The van der Waals surface area contributed by atoms with Gasteiger partial charge in [-0.05, 0) is 12.8 Å². The highest BCUT2D eigenvalue weighted by atomic mass is 16.4. The average Bonchev–Trinajstić information content (AvgIpc) is 2.69. The van der Waals surface area contributed by atoms with Crippen LogP contribution in [0.25, 0.3) is 0 Å². The number of carbonyl (C=O) groups is 4. The van der Waals surface area contributed by atoms with E-state index in [0.29, 0.717) is 25.8 Å². The van der Waals surface area contributed by atoms with Crippen LogP contribution in [-0.4, -0.2) is 46.8 Å². The van der Waals surface area contributed by atoms with Crippen LogP contribution in [0.4, 0.5) is 0 Å². The molecular weight excluding hydrogens is 264 g/mol. The Hall–Kier alpha value is -2.18. The van der Waals surface area contributed by atoms with Crippen molar-refractivity contribution >= 4 is 23.7 Å². The molecular formula is C13H18N2O5. The highest BCUT2D eigenvalue weighted by Gasteiger charge is 2.22. The lowest BCUT2D eigenvalue weighted by Crippen LogP contribution is -2.30. The van der Waals surface area contributed by atoms with Crippen LogP contribution in [0.15, 0.2) is 12.2 Å². The van der Waals surface area contributed by atoms with Gasteiger partial charge in [0.15, 0.2) is 0 Å². The summed E-state index contributed by atoms with van der Waals surface area (Å²) in [5.74, 6) is -1.71. The second kappa shape index (κ2) is 8.08. The Labute approximate surface area is 116 Å². The fourth-order valence-electron chi connectivity index (χ4n) is 1.78. The first-order chi connectivity index (χ1) is 9.50. The molecule has 110 valence electrons. The summed E-state index contributed by atoms with van der Waals surface area (Å²) >= 11 is 0. The summed E-state index contributed by atoms with van der Waals surface area (Å²) in [6.07, 6.45) is 4.75. The Bertz CT molecular complexity index is 412. The summed E-state index contributed by atoms with van der Waals surface area (Å²) in [5, 5.41) is 10.9. The molecule has 0 atom stereocenters. The van der Waals surface area contributed by atoms with E-state index in [4.69, 9.17) is 5.11 Å². The zero-order valence-electron chi connectivity index (χ0n) is 11.1. The first kappa shape index (κ1) is 15.9. The number of aliphatic carboxylic acids is 1. The van der Waals surface area contributed by atoms with Crippen molar-refractivity contribution in [2.75, 3.05) is 13.1 Å². The molecule has 0 radical (unpaired) electrons. The number of unbranched alkanes of at least 4 members (excludes halogenated alkanes) is 2. The summed E-state index contributed by atoms with van der Waals surface area (Å²) < 4.78 is 0. The molecule has 0 fully saturated rings. The van der Waals surface area contributed by atoms with E-state index in [9.17, 15) is 19.2 Å². The monoisotopic (exact) mass is 282 g/mol. The summed E-state index contributed by atoms with van der Waals surface area (Å²) in [4.78, 5) is 45.2. The maximum atomic E-state index is 11.3. The maximum absolute atomic E-state index is 11.3. The summed E-state index contributed by atoms with van der Waals surface area (Å²) in [7, 11) is 0. The molecule has 7 nitrogen and oxygen atoms in total. The quantitative estimate of drug-likeness (QED) is 0.460. The fraction of sp³-hybridized carbons (Fsp3) is 0.538. The lowest BCUT2D eigenvalue weighted by Gasteiger charge is -2.12. The molecule has 0 bridgehead atoms. The van der Waals surface area contributed by atoms with Crippen molar-refractivity contribution in [1.82, 2.24) is 10.2 Å². The smallest absolute Gasteiger partial charge is 0.305 e. The van der Waals surface area contributed by atoms with Crippen LogP contribution in [0.5, 0.6) is 0 Å². The highest BCUT2D eigenvalue weighted by molar-refractivity contribution is 6.12. The number of carbonyl (C=O) groups excluding carboxylic acids is 3. The highest BCUT2D eigenvalue weighted by Crippen LogP contribution is 2.07. The molecule has 7 heteroatoms.